The fourth-order valence-electron chi connectivity index (χ4n) is 3.47. The van der Waals surface area contributed by atoms with Gasteiger partial charge in [0.25, 0.3) is 0 Å². The van der Waals surface area contributed by atoms with Crippen molar-refractivity contribution < 1.29 is 23.7 Å². The Kier molecular flexibility index (Phi) is 5.67. The van der Waals surface area contributed by atoms with E-state index in [0.717, 1.165) is 5.56 Å². The number of anilines is 1. The van der Waals surface area contributed by atoms with E-state index in [2.05, 4.69) is 26.1 Å². The zero-order valence-electron chi connectivity index (χ0n) is 15.8. The first-order valence-corrected chi connectivity index (χ1v) is 9.19. The smallest absolute Gasteiger partial charge is 0.331 e. The summed E-state index contributed by atoms with van der Waals surface area (Å²) in [5.41, 5.74) is 2.12. The molecule has 0 bridgehead atoms. The number of ether oxygens (including phenoxy) is 4. The summed E-state index contributed by atoms with van der Waals surface area (Å²) < 4.78 is 21.8. The van der Waals surface area contributed by atoms with E-state index in [9.17, 15) is 4.79 Å². The van der Waals surface area contributed by atoms with E-state index in [4.69, 9.17) is 19.5 Å². The van der Waals surface area contributed by atoms with Crippen LogP contribution in [0, 0.1) is 11.3 Å². The van der Waals surface area contributed by atoms with Gasteiger partial charge in [0.1, 0.15) is 24.9 Å². The van der Waals surface area contributed by atoms with Crippen LogP contribution in [0.1, 0.15) is 5.56 Å². The highest BCUT2D eigenvalue weighted by Crippen LogP contribution is 2.30. The lowest BCUT2D eigenvalue weighted by molar-refractivity contribution is -0.149. The van der Waals surface area contributed by atoms with Gasteiger partial charge in [-0.15, -0.1) is 0 Å². The third kappa shape index (κ3) is 4.19. The third-order valence-corrected chi connectivity index (χ3v) is 4.91. The van der Waals surface area contributed by atoms with E-state index in [1.54, 1.807) is 24.4 Å². The molecule has 9 heteroatoms. The molecular formula is C20H20N4O5. The molecule has 2 aliphatic rings. The monoisotopic (exact) mass is 396 g/mol. The molecule has 0 amide bonds. The Labute approximate surface area is 167 Å². The number of methoxy groups -OCH3 is 1. The zero-order valence-corrected chi connectivity index (χ0v) is 15.8. The molecule has 1 N–H and O–H groups in total. The van der Waals surface area contributed by atoms with Crippen molar-refractivity contribution in [3.8, 4) is 17.3 Å². The molecule has 150 valence electrons. The van der Waals surface area contributed by atoms with Crippen molar-refractivity contribution in [3.63, 3.8) is 0 Å². The number of rotatable bonds is 6. The molecule has 0 radical (unpaired) electrons. The van der Waals surface area contributed by atoms with E-state index < -0.39 is 5.97 Å². The van der Waals surface area contributed by atoms with E-state index in [1.165, 1.54) is 7.11 Å². The van der Waals surface area contributed by atoms with E-state index in [0.29, 0.717) is 30.4 Å². The molecule has 2 aliphatic heterocycles. The summed E-state index contributed by atoms with van der Waals surface area (Å²) in [5.74, 6) is 0.00782. The second kappa shape index (κ2) is 8.53. The summed E-state index contributed by atoms with van der Waals surface area (Å²) in [7, 11) is 1.32. The number of aromatic nitrogens is 2. The van der Waals surface area contributed by atoms with Gasteiger partial charge in [-0.1, -0.05) is 12.1 Å². The molecule has 0 aliphatic carbocycles. The number of fused-ring (bicyclic) bond motifs is 1. The molecule has 2 fully saturated rings. The SMILES string of the molecule is COC(=O)CO[C@H]1CO[C@@H]2[C@@H]1OC[C@@H]2Nc1nccc(-c2cccc(C#N)c2)n1. The zero-order chi connectivity index (χ0) is 20.2. The number of carbonyl (C=O) groups is 1. The average molecular weight is 396 g/mol. The first kappa shape index (κ1) is 19.3. The van der Waals surface area contributed by atoms with Crippen LogP contribution in [-0.2, 0) is 23.7 Å². The van der Waals surface area contributed by atoms with Crippen molar-refractivity contribution in [1.82, 2.24) is 9.97 Å². The maximum absolute atomic E-state index is 11.3. The number of hydrogen-bond donors (Lipinski definition) is 1. The largest absolute Gasteiger partial charge is 0.467 e. The van der Waals surface area contributed by atoms with Gasteiger partial charge in [-0.2, -0.15) is 5.26 Å². The van der Waals surface area contributed by atoms with Crippen LogP contribution in [0.5, 0.6) is 0 Å². The molecule has 9 nitrogen and oxygen atoms in total. The summed E-state index contributed by atoms with van der Waals surface area (Å²) in [6.07, 6.45) is 0.834. The Balaban J connectivity index is 1.42. The van der Waals surface area contributed by atoms with Gasteiger partial charge in [-0.25, -0.2) is 14.8 Å². The van der Waals surface area contributed by atoms with Crippen molar-refractivity contribution in [3.05, 3.63) is 42.1 Å². The fourth-order valence-corrected chi connectivity index (χ4v) is 3.47. The molecular weight excluding hydrogens is 376 g/mol. The van der Waals surface area contributed by atoms with Gasteiger partial charge >= 0.3 is 5.97 Å². The molecule has 3 heterocycles. The minimum Gasteiger partial charge on any atom is -0.467 e. The standard InChI is InChI=1S/C20H20N4O5/c1-26-17(25)11-27-16-10-29-18-15(9-28-19(16)18)24-20-22-6-5-14(23-20)13-4-2-3-12(7-13)8-21/h2-7,15-16,18-19H,9-11H2,1H3,(H,22,23,24)/t15-,16-,18-,19+/m0/s1. The molecule has 0 saturated carbocycles. The summed E-state index contributed by atoms with van der Waals surface area (Å²) >= 11 is 0. The highest BCUT2D eigenvalue weighted by molar-refractivity contribution is 5.70. The van der Waals surface area contributed by atoms with Crippen LogP contribution < -0.4 is 5.32 Å². The molecule has 1 aromatic carbocycles. The quantitative estimate of drug-likeness (QED) is 0.718. The predicted molar refractivity (Wildman–Crippen MR) is 101 cm³/mol. The number of nitrogens with one attached hydrogen (secondary N) is 1. The van der Waals surface area contributed by atoms with E-state index in [1.807, 2.05) is 12.1 Å². The van der Waals surface area contributed by atoms with Gasteiger partial charge in [0.2, 0.25) is 5.95 Å². The average Bonchev–Trinajstić information content (AvgIpc) is 3.35. The highest BCUT2D eigenvalue weighted by atomic mass is 16.6. The van der Waals surface area contributed by atoms with Crippen LogP contribution in [-0.4, -0.2) is 67.2 Å². The molecule has 29 heavy (non-hydrogen) atoms. The number of nitriles is 1. The topological polar surface area (TPSA) is 116 Å². The Morgan fingerprint density at radius 2 is 2.17 bits per heavy atom. The molecule has 2 saturated heterocycles. The molecule has 0 unspecified atom stereocenters. The molecule has 4 atom stereocenters. The second-order valence-electron chi connectivity index (χ2n) is 6.73. The van der Waals surface area contributed by atoms with Crippen LogP contribution in [0.15, 0.2) is 36.5 Å². The van der Waals surface area contributed by atoms with Crippen LogP contribution >= 0.6 is 0 Å². The number of benzene rings is 1. The van der Waals surface area contributed by atoms with Gasteiger partial charge in [-0.05, 0) is 18.2 Å². The number of hydrogen-bond acceptors (Lipinski definition) is 9. The van der Waals surface area contributed by atoms with Crippen molar-refractivity contribution in [2.24, 2.45) is 0 Å². The maximum Gasteiger partial charge on any atom is 0.331 e. The number of nitrogens with zero attached hydrogens (tertiary/aromatic N) is 3. The lowest BCUT2D eigenvalue weighted by atomic mass is 10.1. The van der Waals surface area contributed by atoms with Gasteiger partial charge in [0.05, 0.1) is 43.7 Å². The Morgan fingerprint density at radius 3 is 3.00 bits per heavy atom. The minimum absolute atomic E-state index is 0.137. The van der Waals surface area contributed by atoms with Crippen molar-refractivity contribution in [1.29, 1.82) is 5.26 Å². The van der Waals surface area contributed by atoms with E-state index in [-0.39, 0.29) is 31.0 Å². The van der Waals surface area contributed by atoms with Crippen LogP contribution in [0.25, 0.3) is 11.3 Å². The normalized spacial score (nSPS) is 25.2. The molecule has 4 rings (SSSR count). The van der Waals surface area contributed by atoms with Gasteiger partial charge in [0.15, 0.2) is 0 Å². The summed E-state index contributed by atoms with van der Waals surface area (Å²) in [5, 5.41) is 12.3. The third-order valence-electron chi connectivity index (χ3n) is 4.91. The molecule has 0 spiro atoms. The van der Waals surface area contributed by atoms with Crippen molar-refractivity contribution in [2.45, 2.75) is 24.4 Å². The summed E-state index contributed by atoms with van der Waals surface area (Å²) in [6.45, 7) is 0.611. The van der Waals surface area contributed by atoms with Gasteiger partial charge in [-0.3, -0.25) is 0 Å². The van der Waals surface area contributed by atoms with Gasteiger partial charge < -0.3 is 24.3 Å². The summed E-state index contributed by atoms with van der Waals surface area (Å²) in [4.78, 5) is 20.1. The minimum atomic E-state index is -0.438. The lowest BCUT2D eigenvalue weighted by Gasteiger charge is -2.18. The lowest BCUT2D eigenvalue weighted by Crippen LogP contribution is -2.37. The fraction of sp³-hybridized carbons (Fsp3) is 0.400. The van der Waals surface area contributed by atoms with Crippen LogP contribution in [0.3, 0.4) is 0 Å². The first-order valence-electron chi connectivity index (χ1n) is 9.19. The maximum atomic E-state index is 11.3. The molecule has 2 aromatic rings. The van der Waals surface area contributed by atoms with E-state index >= 15 is 0 Å². The Morgan fingerprint density at radius 1 is 1.31 bits per heavy atom. The highest BCUT2D eigenvalue weighted by Gasteiger charge is 2.48. The first-order chi connectivity index (χ1) is 14.2. The molecule has 1 aromatic heterocycles. The number of esters is 1. The Hall–Kier alpha value is -3.06. The van der Waals surface area contributed by atoms with Crippen molar-refractivity contribution >= 4 is 11.9 Å². The van der Waals surface area contributed by atoms with Crippen LogP contribution in [0.2, 0.25) is 0 Å². The van der Waals surface area contributed by atoms with Crippen LogP contribution in [0.4, 0.5) is 5.95 Å². The summed E-state index contributed by atoms with van der Waals surface area (Å²) in [6, 6.07) is 11.0. The number of carbonyl (C=O) groups excluding carboxylic acids is 1. The Bertz CT molecular complexity index is 931. The van der Waals surface area contributed by atoms with Gasteiger partial charge in [0, 0.05) is 11.8 Å². The predicted octanol–water partition coefficient (Wildman–Crippen LogP) is 1.15. The second-order valence-corrected chi connectivity index (χ2v) is 6.73. The van der Waals surface area contributed by atoms with Crippen molar-refractivity contribution in [2.75, 3.05) is 32.2 Å².